The van der Waals surface area contributed by atoms with E-state index in [1.165, 1.54) is 0 Å². The minimum absolute atomic E-state index is 0.00474. The van der Waals surface area contributed by atoms with Crippen LogP contribution in [-0.2, 0) is 4.79 Å². The third-order valence-corrected chi connectivity index (χ3v) is 1.93. The number of phenolic OH excluding ortho intramolecular Hbond substituents is 1. The van der Waals surface area contributed by atoms with E-state index in [9.17, 15) is 9.90 Å². The molecule has 1 N–H and O–H groups in total. The lowest BCUT2D eigenvalue weighted by Gasteiger charge is -2.11. The number of carbonyl (C=O) groups is 1. The van der Waals surface area contributed by atoms with Crippen molar-refractivity contribution in [3.8, 4) is 5.75 Å². The van der Waals surface area contributed by atoms with E-state index < -0.39 is 5.97 Å². The lowest BCUT2D eigenvalue weighted by molar-refractivity contribution is -0.306. The molecule has 70 valence electrons. The van der Waals surface area contributed by atoms with Gasteiger partial charge in [0.25, 0.3) is 0 Å². The van der Waals surface area contributed by atoms with Crippen molar-refractivity contribution < 1.29 is 15.0 Å². The number of hydrogen-bond donors (Lipinski definition) is 1. The summed E-state index contributed by atoms with van der Waals surface area (Å²) in [6, 6.07) is 6.51. The van der Waals surface area contributed by atoms with Gasteiger partial charge in [-0.2, -0.15) is 0 Å². The fraction of sp³-hybridized carbons (Fsp3) is 0.300. The highest BCUT2D eigenvalue weighted by Crippen LogP contribution is 2.20. The molecular formula is C10H11O3-. The molecule has 0 spiro atoms. The smallest absolute Gasteiger partial charge is 0.115 e. The molecule has 0 saturated heterocycles. The average Bonchev–Trinajstić information content (AvgIpc) is 2.04. The zero-order valence-electron chi connectivity index (χ0n) is 7.36. The van der Waals surface area contributed by atoms with Crippen LogP contribution in [0.1, 0.15) is 24.8 Å². The van der Waals surface area contributed by atoms with Crippen LogP contribution in [0.15, 0.2) is 24.3 Å². The summed E-state index contributed by atoms with van der Waals surface area (Å²) in [6.45, 7) is 1.81. The second-order valence-corrected chi connectivity index (χ2v) is 3.07. The number of aliphatic carboxylic acids is 1. The van der Waals surface area contributed by atoms with Crippen LogP contribution >= 0.6 is 0 Å². The molecule has 3 heteroatoms. The van der Waals surface area contributed by atoms with Gasteiger partial charge in [-0.25, -0.2) is 0 Å². The Morgan fingerprint density at radius 3 is 2.46 bits per heavy atom. The van der Waals surface area contributed by atoms with Gasteiger partial charge in [0.1, 0.15) is 5.75 Å². The first-order valence-corrected chi connectivity index (χ1v) is 4.08. The van der Waals surface area contributed by atoms with Crippen molar-refractivity contribution >= 4 is 5.97 Å². The molecule has 0 amide bonds. The summed E-state index contributed by atoms with van der Waals surface area (Å²) in [7, 11) is 0. The first kappa shape index (κ1) is 9.58. The molecule has 13 heavy (non-hydrogen) atoms. The number of carboxylic acids is 1. The Kier molecular flexibility index (Phi) is 2.90. The average molecular weight is 179 g/mol. The first-order valence-electron chi connectivity index (χ1n) is 4.08. The molecule has 0 fully saturated rings. The van der Waals surface area contributed by atoms with Gasteiger partial charge in [0.2, 0.25) is 0 Å². The van der Waals surface area contributed by atoms with Gasteiger partial charge in [-0.3, -0.25) is 0 Å². The summed E-state index contributed by atoms with van der Waals surface area (Å²) in [5.41, 5.74) is 0.891. The van der Waals surface area contributed by atoms with Crippen molar-refractivity contribution in [3.63, 3.8) is 0 Å². The van der Waals surface area contributed by atoms with Gasteiger partial charge in [0, 0.05) is 5.97 Å². The maximum absolute atomic E-state index is 10.3. The second kappa shape index (κ2) is 3.94. The predicted octanol–water partition coefficient (Wildman–Crippen LogP) is 0.636. The molecule has 1 atom stereocenters. The first-order chi connectivity index (χ1) is 6.09. The summed E-state index contributed by atoms with van der Waals surface area (Å²) in [6.07, 6.45) is 0.00474. The Bertz CT molecular complexity index is 290. The Hall–Kier alpha value is -1.51. The van der Waals surface area contributed by atoms with Crippen molar-refractivity contribution in [3.05, 3.63) is 29.8 Å². The van der Waals surface area contributed by atoms with Crippen LogP contribution in [0.4, 0.5) is 0 Å². The molecule has 0 aliphatic rings. The van der Waals surface area contributed by atoms with Gasteiger partial charge in [0.15, 0.2) is 0 Å². The van der Waals surface area contributed by atoms with E-state index in [4.69, 9.17) is 5.11 Å². The maximum atomic E-state index is 10.3. The quantitative estimate of drug-likeness (QED) is 0.740. The van der Waals surface area contributed by atoms with Crippen LogP contribution in [0.3, 0.4) is 0 Å². The Labute approximate surface area is 76.6 Å². The monoisotopic (exact) mass is 179 g/mol. The summed E-state index contributed by atoms with van der Waals surface area (Å²) >= 11 is 0. The van der Waals surface area contributed by atoms with Crippen molar-refractivity contribution in [1.29, 1.82) is 0 Å². The summed E-state index contributed by atoms with van der Waals surface area (Å²) in [4.78, 5) is 10.3. The fourth-order valence-corrected chi connectivity index (χ4v) is 1.17. The van der Waals surface area contributed by atoms with Crippen molar-refractivity contribution in [2.24, 2.45) is 0 Å². The normalized spacial score (nSPS) is 12.4. The summed E-state index contributed by atoms with van der Waals surface area (Å²) in [5.74, 6) is -0.949. The van der Waals surface area contributed by atoms with Crippen LogP contribution < -0.4 is 5.11 Å². The standard InChI is InChI=1S/C10H12O3/c1-7(6-10(12)13)8-2-4-9(11)5-3-8/h2-5,7,11H,6H2,1H3,(H,12,13)/p-1. The van der Waals surface area contributed by atoms with E-state index >= 15 is 0 Å². The molecule has 3 nitrogen and oxygen atoms in total. The Balaban J connectivity index is 2.71. The largest absolute Gasteiger partial charge is 0.550 e. The van der Waals surface area contributed by atoms with Gasteiger partial charge in [-0.15, -0.1) is 0 Å². The van der Waals surface area contributed by atoms with Crippen LogP contribution in [0.2, 0.25) is 0 Å². The molecule has 0 saturated carbocycles. The molecule has 0 aromatic heterocycles. The summed E-state index contributed by atoms with van der Waals surface area (Å²) < 4.78 is 0. The van der Waals surface area contributed by atoms with Gasteiger partial charge >= 0.3 is 0 Å². The van der Waals surface area contributed by atoms with Crippen molar-refractivity contribution in [2.45, 2.75) is 19.3 Å². The summed E-state index contributed by atoms with van der Waals surface area (Å²) in [5, 5.41) is 19.3. The lowest BCUT2D eigenvalue weighted by Crippen LogP contribution is -2.23. The SMILES string of the molecule is CC(CC(=O)[O-])c1ccc(O)cc1. The number of hydrogen-bond acceptors (Lipinski definition) is 3. The third-order valence-electron chi connectivity index (χ3n) is 1.93. The molecule has 0 aliphatic carbocycles. The van der Waals surface area contributed by atoms with E-state index in [1.54, 1.807) is 24.3 Å². The van der Waals surface area contributed by atoms with Gasteiger partial charge in [-0.1, -0.05) is 19.1 Å². The minimum atomic E-state index is -1.06. The number of phenols is 1. The molecule has 0 bridgehead atoms. The number of rotatable bonds is 3. The third kappa shape index (κ3) is 2.78. The number of aromatic hydroxyl groups is 1. The highest BCUT2D eigenvalue weighted by atomic mass is 16.4. The van der Waals surface area contributed by atoms with Crippen LogP contribution in [-0.4, -0.2) is 11.1 Å². The number of benzene rings is 1. The topological polar surface area (TPSA) is 60.4 Å². The van der Waals surface area contributed by atoms with E-state index in [0.29, 0.717) is 0 Å². The highest BCUT2D eigenvalue weighted by molar-refractivity contribution is 5.65. The van der Waals surface area contributed by atoms with Gasteiger partial charge < -0.3 is 15.0 Å². The lowest BCUT2D eigenvalue weighted by atomic mass is 9.98. The Morgan fingerprint density at radius 1 is 1.46 bits per heavy atom. The molecule has 1 unspecified atom stereocenters. The highest BCUT2D eigenvalue weighted by Gasteiger charge is 2.04. The maximum Gasteiger partial charge on any atom is 0.115 e. The zero-order valence-corrected chi connectivity index (χ0v) is 7.36. The number of carbonyl (C=O) groups excluding carboxylic acids is 1. The fourth-order valence-electron chi connectivity index (χ4n) is 1.17. The van der Waals surface area contributed by atoms with Gasteiger partial charge in [0.05, 0.1) is 0 Å². The minimum Gasteiger partial charge on any atom is -0.550 e. The van der Waals surface area contributed by atoms with E-state index in [-0.39, 0.29) is 18.1 Å². The Morgan fingerprint density at radius 2 is 2.00 bits per heavy atom. The molecule has 1 aromatic carbocycles. The molecule has 0 heterocycles. The predicted molar refractivity (Wildman–Crippen MR) is 46.1 cm³/mol. The van der Waals surface area contributed by atoms with E-state index in [1.807, 2.05) is 6.92 Å². The molecule has 1 rings (SSSR count). The zero-order chi connectivity index (χ0) is 9.84. The molecule has 1 aromatic rings. The molecular weight excluding hydrogens is 168 g/mol. The van der Waals surface area contributed by atoms with Crippen molar-refractivity contribution in [1.82, 2.24) is 0 Å². The van der Waals surface area contributed by atoms with E-state index in [0.717, 1.165) is 5.56 Å². The van der Waals surface area contributed by atoms with E-state index in [2.05, 4.69) is 0 Å². The second-order valence-electron chi connectivity index (χ2n) is 3.07. The number of carboxylic acid groups (broad SMARTS) is 1. The van der Waals surface area contributed by atoms with Crippen LogP contribution in [0.5, 0.6) is 5.75 Å². The molecule has 0 aliphatic heterocycles. The van der Waals surface area contributed by atoms with Crippen molar-refractivity contribution in [2.75, 3.05) is 0 Å². The molecule has 0 radical (unpaired) electrons. The van der Waals surface area contributed by atoms with Gasteiger partial charge in [-0.05, 0) is 30.0 Å². The van der Waals surface area contributed by atoms with Crippen LogP contribution in [0.25, 0.3) is 0 Å². The van der Waals surface area contributed by atoms with Crippen LogP contribution in [0, 0.1) is 0 Å².